The van der Waals surface area contributed by atoms with Crippen molar-refractivity contribution in [1.82, 2.24) is 0 Å². The number of rotatable bonds is 24. The van der Waals surface area contributed by atoms with Crippen molar-refractivity contribution in [3.05, 3.63) is 63.3 Å². The Hall–Kier alpha value is -3.99. The molecular formula is C29H40O11. The topological polar surface area (TPSA) is 141 Å². The fourth-order valence-corrected chi connectivity index (χ4v) is 3.30. The molecule has 40 heavy (non-hydrogen) atoms. The lowest BCUT2D eigenvalue weighted by atomic mass is 9.87. The van der Waals surface area contributed by atoms with Crippen molar-refractivity contribution in [3.63, 3.8) is 0 Å². The summed E-state index contributed by atoms with van der Waals surface area (Å²) in [5.74, 6) is -2.99. The number of ether oxygens (including phenoxy) is 6. The maximum atomic E-state index is 11.8. The zero-order valence-corrected chi connectivity index (χ0v) is 23.0. The Balaban J connectivity index is 5.35. The highest BCUT2D eigenvalue weighted by Gasteiger charge is 2.34. The molecular weight excluding hydrogens is 524 g/mol. The Bertz CT molecular complexity index is 866. The predicted molar refractivity (Wildman–Crippen MR) is 146 cm³/mol. The van der Waals surface area contributed by atoms with E-state index in [1.54, 1.807) is 0 Å². The van der Waals surface area contributed by atoms with Crippen LogP contribution in [-0.4, -0.2) is 76.1 Å². The molecule has 1 atom stereocenters. The van der Waals surface area contributed by atoms with Gasteiger partial charge in [0.25, 0.3) is 0 Å². The minimum absolute atomic E-state index is 0.0113. The molecule has 1 unspecified atom stereocenters. The molecule has 11 nitrogen and oxygen atoms in total. The minimum atomic E-state index is -1.05. The summed E-state index contributed by atoms with van der Waals surface area (Å²) in [7, 11) is 0. The molecule has 0 rings (SSSR count). The molecule has 222 valence electrons. The van der Waals surface area contributed by atoms with Gasteiger partial charge in [0.05, 0.1) is 31.8 Å². The lowest BCUT2D eigenvalue weighted by Crippen LogP contribution is -2.40. The van der Waals surface area contributed by atoms with Crippen molar-refractivity contribution in [3.8, 4) is 0 Å². The Labute approximate surface area is 235 Å². The van der Waals surface area contributed by atoms with Crippen molar-refractivity contribution < 1.29 is 52.4 Å². The molecule has 0 aliphatic rings. The minimum Gasteiger partial charge on any atom is -0.463 e. The van der Waals surface area contributed by atoms with Gasteiger partial charge in [0.15, 0.2) is 0 Å². The third kappa shape index (κ3) is 17.5. The monoisotopic (exact) mass is 564 g/mol. The van der Waals surface area contributed by atoms with E-state index in [-0.39, 0.29) is 58.6 Å². The highest BCUT2D eigenvalue weighted by atomic mass is 16.6. The second kappa shape index (κ2) is 21.9. The van der Waals surface area contributed by atoms with Gasteiger partial charge in [-0.05, 0) is 38.0 Å². The van der Waals surface area contributed by atoms with Crippen LogP contribution in [0.2, 0.25) is 0 Å². The highest BCUT2D eigenvalue weighted by Crippen LogP contribution is 2.26. The Morgan fingerprint density at radius 2 is 0.950 bits per heavy atom. The van der Waals surface area contributed by atoms with E-state index < -0.39 is 35.3 Å². The lowest BCUT2D eigenvalue weighted by molar-refractivity contribution is -0.155. The summed E-state index contributed by atoms with van der Waals surface area (Å²) in [6, 6.07) is 0. The zero-order chi connectivity index (χ0) is 30.2. The molecule has 0 heterocycles. The summed E-state index contributed by atoms with van der Waals surface area (Å²) in [6.45, 7) is 17.0. The highest BCUT2D eigenvalue weighted by molar-refractivity contribution is 5.82. The molecule has 0 N–H and O–H groups in total. The van der Waals surface area contributed by atoms with Gasteiger partial charge in [-0.25, -0.2) is 24.0 Å². The average molecular weight is 565 g/mol. The SMILES string of the molecule is C=CC(=O)OCCCC(CCOCC(CCOC(=O)C=C)(COC(=O)C=C)COC(=O)C=C)CCOC(=O)C=C. The van der Waals surface area contributed by atoms with Crippen LogP contribution in [0.4, 0.5) is 0 Å². The summed E-state index contributed by atoms with van der Waals surface area (Å²) >= 11 is 0. The molecule has 0 aromatic heterocycles. The van der Waals surface area contributed by atoms with E-state index in [9.17, 15) is 24.0 Å². The second-order valence-electron chi connectivity index (χ2n) is 8.63. The number of hydrogen-bond acceptors (Lipinski definition) is 11. The van der Waals surface area contributed by atoms with Gasteiger partial charge >= 0.3 is 29.8 Å². The quantitative estimate of drug-likeness (QED) is 0.0738. The molecule has 0 bridgehead atoms. The molecule has 11 heteroatoms. The summed E-state index contributed by atoms with van der Waals surface area (Å²) in [5, 5.41) is 0. The van der Waals surface area contributed by atoms with E-state index in [0.29, 0.717) is 25.7 Å². The van der Waals surface area contributed by atoms with Crippen LogP contribution < -0.4 is 0 Å². The van der Waals surface area contributed by atoms with Gasteiger partial charge in [-0.3, -0.25) is 0 Å². The van der Waals surface area contributed by atoms with Crippen LogP contribution in [0.15, 0.2) is 63.3 Å². The maximum absolute atomic E-state index is 11.8. The molecule has 0 aliphatic carbocycles. The molecule has 0 aromatic carbocycles. The molecule has 0 saturated heterocycles. The van der Waals surface area contributed by atoms with Crippen molar-refractivity contribution in [2.24, 2.45) is 11.3 Å². The van der Waals surface area contributed by atoms with Crippen LogP contribution in [0.3, 0.4) is 0 Å². The van der Waals surface area contributed by atoms with E-state index in [0.717, 1.165) is 30.4 Å². The molecule has 0 aromatic rings. The van der Waals surface area contributed by atoms with Crippen molar-refractivity contribution in [2.75, 3.05) is 46.2 Å². The van der Waals surface area contributed by atoms with Gasteiger partial charge in [-0.2, -0.15) is 0 Å². The van der Waals surface area contributed by atoms with Crippen LogP contribution in [0.5, 0.6) is 0 Å². The lowest BCUT2D eigenvalue weighted by Gasteiger charge is -2.32. The zero-order valence-electron chi connectivity index (χ0n) is 23.0. The van der Waals surface area contributed by atoms with Crippen LogP contribution in [0, 0.1) is 11.3 Å². The molecule has 0 saturated carbocycles. The van der Waals surface area contributed by atoms with Crippen molar-refractivity contribution in [1.29, 1.82) is 0 Å². The Morgan fingerprint density at radius 1 is 0.525 bits per heavy atom. The van der Waals surface area contributed by atoms with Gasteiger partial charge in [-0.15, -0.1) is 0 Å². The second-order valence-corrected chi connectivity index (χ2v) is 8.63. The number of hydrogen-bond donors (Lipinski definition) is 0. The maximum Gasteiger partial charge on any atom is 0.330 e. The third-order valence-electron chi connectivity index (χ3n) is 5.60. The first-order chi connectivity index (χ1) is 19.1. The number of esters is 5. The van der Waals surface area contributed by atoms with E-state index in [1.165, 1.54) is 0 Å². The van der Waals surface area contributed by atoms with Crippen molar-refractivity contribution >= 4 is 29.8 Å². The number of carbonyl (C=O) groups excluding carboxylic acids is 5. The fourth-order valence-electron chi connectivity index (χ4n) is 3.30. The normalized spacial score (nSPS) is 11.2. The molecule has 0 amide bonds. The van der Waals surface area contributed by atoms with E-state index in [2.05, 4.69) is 32.9 Å². The molecule has 0 fully saturated rings. The molecule has 0 radical (unpaired) electrons. The van der Waals surface area contributed by atoms with Crippen LogP contribution in [0.25, 0.3) is 0 Å². The summed E-state index contributed by atoms with van der Waals surface area (Å²) in [6.07, 6.45) is 7.64. The molecule has 0 aliphatic heterocycles. The van der Waals surface area contributed by atoms with E-state index >= 15 is 0 Å². The van der Waals surface area contributed by atoms with E-state index in [1.807, 2.05) is 0 Å². The van der Waals surface area contributed by atoms with Crippen LogP contribution >= 0.6 is 0 Å². The standard InChI is InChI=1S/C29H40O11/c1-6-24(30)36-16-11-12-23(14-18-37-25(31)7-2)13-17-35-20-29(21-39-27(33)9-4,22-40-28(34)10-5)15-19-38-26(32)8-3/h6-10,23H,1-5,11-22H2. The third-order valence-corrected chi connectivity index (χ3v) is 5.60. The van der Waals surface area contributed by atoms with Crippen LogP contribution in [-0.2, 0) is 52.4 Å². The first kappa shape index (κ1) is 36.0. The summed E-state index contributed by atoms with van der Waals surface area (Å²) in [4.78, 5) is 57.7. The Kier molecular flexibility index (Phi) is 19.7. The van der Waals surface area contributed by atoms with Gasteiger partial charge < -0.3 is 28.4 Å². The largest absolute Gasteiger partial charge is 0.463 e. The summed E-state index contributed by atoms with van der Waals surface area (Å²) in [5.41, 5.74) is -1.05. The van der Waals surface area contributed by atoms with Gasteiger partial charge in [0.2, 0.25) is 0 Å². The van der Waals surface area contributed by atoms with Gasteiger partial charge in [0.1, 0.15) is 13.2 Å². The first-order valence-electron chi connectivity index (χ1n) is 12.7. The van der Waals surface area contributed by atoms with Crippen LogP contribution in [0.1, 0.15) is 32.1 Å². The first-order valence-corrected chi connectivity index (χ1v) is 12.7. The predicted octanol–water partition coefficient (Wildman–Crippen LogP) is 3.20. The van der Waals surface area contributed by atoms with E-state index in [4.69, 9.17) is 28.4 Å². The van der Waals surface area contributed by atoms with Gasteiger partial charge in [0, 0.05) is 37.0 Å². The summed E-state index contributed by atoms with van der Waals surface area (Å²) < 4.78 is 31.6. The fraction of sp³-hybridized carbons (Fsp3) is 0.483. The smallest absolute Gasteiger partial charge is 0.330 e. The average Bonchev–Trinajstić information content (AvgIpc) is 2.97. The molecule has 0 spiro atoms. The number of carbonyl (C=O) groups is 5. The van der Waals surface area contributed by atoms with Gasteiger partial charge in [-0.1, -0.05) is 32.9 Å². The Morgan fingerprint density at radius 3 is 1.45 bits per heavy atom. The van der Waals surface area contributed by atoms with Crippen molar-refractivity contribution in [2.45, 2.75) is 32.1 Å².